The highest BCUT2D eigenvalue weighted by Crippen LogP contribution is 2.28. The quantitative estimate of drug-likeness (QED) is 0.578. The molecule has 7 nitrogen and oxygen atoms in total. The molecule has 0 saturated heterocycles. The molecule has 0 aliphatic heterocycles. The molecule has 0 fully saturated rings. The summed E-state index contributed by atoms with van der Waals surface area (Å²) in [5.74, 6) is 0. The number of nitrogens with zero attached hydrogens (tertiary/aromatic N) is 3. The van der Waals surface area contributed by atoms with Crippen LogP contribution in [0, 0.1) is 0 Å². The summed E-state index contributed by atoms with van der Waals surface area (Å²) in [7, 11) is 0. The fourth-order valence-electron chi connectivity index (χ4n) is 2.22. The predicted molar refractivity (Wildman–Crippen MR) is 84.1 cm³/mol. The standard InChI is InChI=1S/C15H11N5.2H2O/c1-4-10(16-7-1)13-14(11-5-2-8-17-11)20-15-12(19-13)6-3-9-18-15;;/h1-9,16-17H;2*1H2. The van der Waals surface area contributed by atoms with Gasteiger partial charge in [0.1, 0.15) is 16.9 Å². The van der Waals surface area contributed by atoms with Crippen molar-refractivity contribution in [3.8, 4) is 22.8 Å². The lowest BCUT2D eigenvalue weighted by atomic mass is 10.2. The highest BCUT2D eigenvalue weighted by Gasteiger charge is 2.14. The Hall–Kier alpha value is -3.03. The van der Waals surface area contributed by atoms with Gasteiger partial charge in [-0.1, -0.05) is 0 Å². The van der Waals surface area contributed by atoms with E-state index in [0.29, 0.717) is 5.65 Å². The molecule has 0 unspecified atom stereocenters. The Morgan fingerprint density at radius 2 is 1.36 bits per heavy atom. The second-order valence-electron chi connectivity index (χ2n) is 4.43. The molecule has 0 saturated carbocycles. The van der Waals surface area contributed by atoms with E-state index in [1.165, 1.54) is 0 Å². The van der Waals surface area contributed by atoms with E-state index >= 15 is 0 Å². The first-order valence-corrected chi connectivity index (χ1v) is 6.32. The van der Waals surface area contributed by atoms with Gasteiger partial charge in [0.15, 0.2) is 5.65 Å². The van der Waals surface area contributed by atoms with Crippen LogP contribution in [0.4, 0.5) is 0 Å². The first-order chi connectivity index (χ1) is 9.92. The van der Waals surface area contributed by atoms with Crippen molar-refractivity contribution in [1.29, 1.82) is 0 Å². The molecular formula is C15H15N5O2. The van der Waals surface area contributed by atoms with Crippen molar-refractivity contribution in [2.75, 3.05) is 0 Å². The zero-order chi connectivity index (χ0) is 13.4. The van der Waals surface area contributed by atoms with Crippen LogP contribution in [0.3, 0.4) is 0 Å². The number of fused-ring (bicyclic) bond motifs is 1. The van der Waals surface area contributed by atoms with Crippen LogP contribution in [0.2, 0.25) is 0 Å². The monoisotopic (exact) mass is 297 g/mol. The maximum atomic E-state index is 4.70. The van der Waals surface area contributed by atoms with Gasteiger partial charge in [-0.05, 0) is 36.4 Å². The molecule has 0 aliphatic carbocycles. The van der Waals surface area contributed by atoms with Crippen LogP contribution in [0.15, 0.2) is 55.0 Å². The number of H-pyrrole nitrogens is 2. The molecule has 0 amide bonds. The van der Waals surface area contributed by atoms with Crippen molar-refractivity contribution in [3.63, 3.8) is 0 Å². The molecule has 0 spiro atoms. The highest BCUT2D eigenvalue weighted by atomic mass is 16.0. The highest BCUT2D eigenvalue weighted by molar-refractivity contribution is 5.82. The Morgan fingerprint density at radius 3 is 1.95 bits per heavy atom. The lowest BCUT2D eigenvalue weighted by molar-refractivity contribution is 0.823. The average Bonchev–Trinajstić information content (AvgIpc) is 3.19. The van der Waals surface area contributed by atoms with Gasteiger partial charge < -0.3 is 20.9 Å². The molecule has 22 heavy (non-hydrogen) atoms. The number of rotatable bonds is 2. The van der Waals surface area contributed by atoms with E-state index in [1.54, 1.807) is 6.20 Å². The van der Waals surface area contributed by atoms with E-state index in [2.05, 4.69) is 19.9 Å². The largest absolute Gasteiger partial charge is 0.412 e. The summed E-state index contributed by atoms with van der Waals surface area (Å²) in [5, 5.41) is 0. The number of pyridine rings is 1. The maximum Gasteiger partial charge on any atom is 0.178 e. The summed E-state index contributed by atoms with van der Waals surface area (Å²) >= 11 is 0. The molecule has 7 heteroatoms. The topological polar surface area (TPSA) is 133 Å². The zero-order valence-corrected chi connectivity index (χ0v) is 11.5. The van der Waals surface area contributed by atoms with Gasteiger partial charge in [0, 0.05) is 18.6 Å². The van der Waals surface area contributed by atoms with Gasteiger partial charge in [0.2, 0.25) is 0 Å². The summed E-state index contributed by atoms with van der Waals surface area (Å²) in [6.07, 6.45) is 5.48. The molecule has 4 aromatic heterocycles. The lowest BCUT2D eigenvalue weighted by Crippen LogP contribution is -1.96. The van der Waals surface area contributed by atoms with Crippen molar-refractivity contribution in [1.82, 2.24) is 24.9 Å². The van der Waals surface area contributed by atoms with E-state index in [9.17, 15) is 0 Å². The van der Waals surface area contributed by atoms with Gasteiger partial charge in [-0.2, -0.15) is 0 Å². The first-order valence-electron chi connectivity index (χ1n) is 6.32. The molecule has 4 heterocycles. The van der Waals surface area contributed by atoms with Gasteiger partial charge in [0.05, 0.1) is 11.4 Å². The van der Waals surface area contributed by atoms with E-state index in [4.69, 9.17) is 4.98 Å². The molecule has 112 valence electrons. The Morgan fingerprint density at radius 1 is 0.727 bits per heavy atom. The third-order valence-corrected chi connectivity index (χ3v) is 3.15. The minimum Gasteiger partial charge on any atom is -0.412 e. The van der Waals surface area contributed by atoms with Crippen molar-refractivity contribution in [2.24, 2.45) is 0 Å². The third-order valence-electron chi connectivity index (χ3n) is 3.15. The molecule has 6 N–H and O–H groups in total. The van der Waals surface area contributed by atoms with Crippen LogP contribution in [0.1, 0.15) is 0 Å². The normalized spacial score (nSPS) is 10.0. The van der Waals surface area contributed by atoms with Crippen LogP contribution in [-0.4, -0.2) is 35.9 Å². The zero-order valence-electron chi connectivity index (χ0n) is 11.5. The van der Waals surface area contributed by atoms with Crippen molar-refractivity contribution in [2.45, 2.75) is 0 Å². The Bertz CT molecular complexity index is 784. The molecular weight excluding hydrogens is 282 g/mol. The van der Waals surface area contributed by atoms with Gasteiger partial charge in [-0.3, -0.25) is 0 Å². The number of hydrogen-bond donors (Lipinski definition) is 2. The Labute approximate surface area is 125 Å². The summed E-state index contributed by atoms with van der Waals surface area (Å²) in [6, 6.07) is 11.6. The van der Waals surface area contributed by atoms with Gasteiger partial charge in [0.25, 0.3) is 0 Å². The second kappa shape index (κ2) is 6.17. The van der Waals surface area contributed by atoms with E-state index < -0.39 is 0 Å². The number of hydrogen-bond acceptors (Lipinski definition) is 3. The van der Waals surface area contributed by atoms with Gasteiger partial charge in [-0.25, -0.2) is 15.0 Å². The number of nitrogens with one attached hydrogen (secondary N) is 2. The van der Waals surface area contributed by atoms with Crippen LogP contribution in [0.5, 0.6) is 0 Å². The lowest BCUT2D eigenvalue weighted by Gasteiger charge is -2.07. The van der Waals surface area contributed by atoms with Gasteiger partial charge in [-0.15, -0.1) is 0 Å². The first kappa shape index (κ1) is 15.4. The summed E-state index contributed by atoms with van der Waals surface area (Å²) in [4.78, 5) is 20.0. The Balaban J connectivity index is 0.000000882. The van der Waals surface area contributed by atoms with Crippen molar-refractivity contribution >= 4 is 11.2 Å². The minimum absolute atomic E-state index is 0. The average molecular weight is 297 g/mol. The van der Waals surface area contributed by atoms with E-state index in [-0.39, 0.29) is 11.0 Å². The van der Waals surface area contributed by atoms with Crippen molar-refractivity contribution in [3.05, 3.63) is 55.0 Å². The third kappa shape index (κ3) is 2.46. The van der Waals surface area contributed by atoms with Gasteiger partial charge >= 0.3 is 0 Å². The smallest absolute Gasteiger partial charge is 0.178 e. The van der Waals surface area contributed by atoms with Crippen LogP contribution in [-0.2, 0) is 0 Å². The predicted octanol–water partition coefficient (Wildman–Crippen LogP) is 1.37. The summed E-state index contributed by atoms with van der Waals surface area (Å²) in [5.41, 5.74) is 4.91. The van der Waals surface area contributed by atoms with Crippen LogP contribution in [0.25, 0.3) is 33.9 Å². The maximum absolute atomic E-state index is 4.70. The molecule has 0 radical (unpaired) electrons. The summed E-state index contributed by atoms with van der Waals surface area (Å²) < 4.78 is 0. The minimum atomic E-state index is 0. The summed E-state index contributed by atoms with van der Waals surface area (Å²) in [6.45, 7) is 0. The van der Waals surface area contributed by atoms with E-state index in [1.807, 2.05) is 48.8 Å². The molecule has 0 bridgehead atoms. The molecule has 0 aliphatic rings. The molecule has 4 aromatic rings. The van der Waals surface area contributed by atoms with E-state index in [0.717, 1.165) is 28.3 Å². The second-order valence-corrected chi connectivity index (χ2v) is 4.43. The molecule has 0 aromatic carbocycles. The molecule has 0 atom stereocenters. The van der Waals surface area contributed by atoms with Crippen LogP contribution >= 0.6 is 0 Å². The van der Waals surface area contributed by atoms with Crippen LogP contribution < -0.4 is 0 Å². The number of aromatic amines is 2. The molecule has 4 rings (SSSR count). The van der Waals surface area contributed by atoms with Crippen molar-refractivity contribution < 1.29 is 11.0 Å². The fraction of sp³-hybridized carbons (Fsp3) is 0. The fourth-order valence-corrected chi connectivity index (χ4v) is 2.22. The Kier molecular flexibility index (Phi) is 4.31. The SMILES string of the molecule is O.O.c1c[nH]c(-c2nc3cccnc3nc2-c2ccc[nH]2)c1. The number of aromatic nitrogens is 5.